The monoisotopic (exact) mass is 405 g/mol. The van der Waals surface area contributed by atoms with Gasteiger partial charge in [-0.1, -0.05) is 0 Å². The van der Waals surface area contributed by atoms with Gasteiger partial charge in [0.05, 0.1) is 12.3 Å². The van der Waals surface area contributed by atoms with E-state index in [4.69, 9.17) is 4.74 Å². The molecule has 2 heterocycles. The molecule has 0 saturated heterocycles. The lowest BCUT2D eigenvalue weighted by Gasteiger charge is -1.99. The zero-order chi connectivity index (χ0) is 13.8. The number of halogens is 2. The average Bonchev–Trinajstić information content (AvgIpc) is 2.73. The molecule has 0 aliphatic heterocycles. The van der Waals surface area contributed by atoms with Crippen LogP contribution in [0.2, 0.25) is 0 Å². The quantitative estimate of drug-likeness (QED) is 0.823. The van der Waals surface area contributed by atoms with Gasteiger partial charge in [0.25, 0.3) is 0 Å². The van der Waals surface area contributed by atoms with Gasteiger partial charge in [0.2, 0.25) is 0 Å². The van der Waals surface area contributed by atoms with Crippen LogP contribution in [0.1, 0.15) is 10.6 Å². The van der Waals surface area contributed by atoms with E-state index in [1.807, 2.05) is 13.1 Å². The van der Waals surface area contributed by atoms with Gasteiger partial charge in [-0.25, -0.2) is 4.98 Å². The minimum atomic E-state index is 0.516. The summed E-state index contributed by atoms with van der Waals surface area (Å²) in [7, 11) is 3.60. The van der Waals surface area contributed by atoms with Crippen molar-refractivity contribution in [1.82, 2.24) is 15.3 Å². The zero-order valence-corrected chi connectivity index (χ0v) is 14.5. The van der Waals surface area contributed by atoms with E-state index in [0.717, 1.165) is 31.9 Å². The fourth-order valence-electron chi connectivity index (χ4n) is 1.60. The molecule has 0 saturated carbocycles. The van der Waals surface area contributed by atoms with Gasteiger partial charge in [-0.3, -0.25) is 4.98 Å². The molecule has 0 bridgehead atoms. The summed E-state index contributed by atoms with van der Waals surface area (Å²) in [6.07, 6.45) is 1.77. The molecule has 2 rings (SSSR count). The zero-order valence-electron chi connectivity index (χ0n) is 10.5. The van der Waals surface area contributed by atoms with Crippen LogP contribution in [0, 0.1) is 0 Å². The van der Waals surface area contributed by atoms with Crippen molar-refractivity contribution in [2.24, 2.45) is 0 Å². The highest BCUT2D eigenvalue weighted by molar-refractivity contribution is 9.11. The number of rotatable bonds is 5. The average molecular weight is 407 g/mol. The second-order valence-corrected chi connectivity index (χ2v) is 6.69. The van der Waals surface area contributed by atoms with Crippen molar-refractivity contribution in [2.75, 3.05) is 14.2 Å². The van der Waals surface area contributed by atoms with E-state index in [-0.39, 0.29) is 0 Å². The lowest BCUT2D eigenvalue weighted by atomic mass is 10.3. The van der Waals surface area contributed by atoms with Gasteiger partial charge in [-0.05, 0) is 45.0 Å². The van der Waals surface area contributed by atoms with E-state index >= 15 is 0 Å². The molecule has 0 aliphatic rings. The van der Waals surface area contributed by atoms with E-state index in [1.54, 1.807) is 24.6 Å². The maximum atomic E-state index is 5.19. The Labute approximate surface area is 132 Å². The topological polar surface area (TPSA) is 47.0 Å². The molecule has 0 unspecified atom stereocenters. The van der Waals surface area contributed by atoms with Gasteiger partial charge in [-0.15, -0.1) is 11.3 Å². The Morgan fingerprint density at radius 3 is 2.84 bits per heavy atom. The van der Waals surface area contributed by atoms with Crippen LogP contribution >= 0.6 is 43.2 Å². The third-order valence-corrected chi connectivity index (χ3v) is 4.55. The molecule has 0 amide bonds. The number of methoxy groups -OCH3 is 1. The van der Waals surface area contributed by atoms with Crippen LogP contribution in [0.15, 0.2) is 21.2 Å². The number of nitrogens with one attached hydrogen (secondary N) is 1. The molecule has 7 heteroatoms. The van der Waals surface area contributed by atoms with Gasteiger partial charge in [0, 0.05) is 33.7 Å². The van der Waals surface area contributed by atoms with Crippen LogP contribution in [0.5, 0.6) is 0 Å². The number of thiazole rings is 1. The summed E-state index contributed by atoms with van der Waals surface area (Å²) in [6.45, 7) is 1.30. The molecule has 0 spiro atoms. The SMILES string of the molecule is CNCc1sc(-c2ncc(Br)cc2Br)nc1COC. The second kappa shape index (κ2) is 6.90. The van der Waals surface area contributed by atoms with Crippen LogP contribution in [-0.2, 0) is 17.9 Å². The Morgan fingerprint density at radius 2 is 2.21 bits per heavy atom. The molecule has 2 aromatic rings. The van der Waals surface area contributed by atoms with Crippen LogP contribution in [0.4, 0.5) is 0 Å². The van der Waals surface area contributed by atoms with E-state index in [0.29, 0.717) is 6.61 Å². The van der Waals surface area contributed by atoms with E-state index in [2.05, 4.69) is 47.1 Å². The number of aromatic nitrogens is 2. The normalized spacial score (nSPS) is 10.9. The molecule has 0 aromatic carbocycles. The molecule has 1 N–H and O–H groups in total. The fraction of sp³-hybridized carbons (Fsp3) is 0.333. The van der Waals surface area contributed by atoms with Gasteiger partial charge in [-0.2, -0.15) is 0 Å². The molecular formula is C12H13Br2N3OS. The third-order valence-electron chi connectivity index (χ3n) is 2.41. The predicted molar refractivity (Wildman–Crippen MR) is 84.2 cm³/mol. The maximum Gasteiger partial charge on any atom is 0.143 e. The Balaban J connectivity index is 2.41. The van der Waals surface area contributed by atoms with Gasteiger partial charge in [0.1, 0.15) is 10.7 Å². The first-order valence-electron chi connectivity index (χ1n) is 5.59. The molecule has 19 heavy (non-hydrogen) atoms. The van der Waals surface area contributed by atoms with E-state index in [1.165, 1.54) is 4.88 Å². The van der Waals surface area contributed by atoms with Crippen molar-refractivity contribution in [3.05, 3.63) is 31.8 Å². The summed E-state index contributed by atoms with van der Waals surface area (Å²) in [5.74, 6) is 0. The Bertz CT molecular complexity index is 551. The van der Waals surface area contributed by atoms with Crippen molar-refractivity contribution >= 4 is 43.2 Å². The van der Waals surface area contributed by atoms with Gasteiger partial charge >= 0.3 is 0 Å². The Kier molecular flexibility index (Phi) is 5.47. The number of pyridine rings is 1. The maximum absolute atomic E-state index is 5.19. The first kappa shape index (κ1) is 15.1. The van der Waals surface area contributed by atoms with E-state index < -0.39 is 0 Å². The first-order chi connectivity index (χ1) is 9.15. The molecule has 4 nitrogen and oxygen atoms in total. The number of hydrogen-bond acceptors (Lipinski definition) is 5. The van der Waals surface area contributed by atoms with Crippen LogP contribution in [0.25, 0.3) is 10.7 Å². The largest absolute Gasteiger partial charge is 0.378 e. The first-order valence-corrected chi connectivity index (χ1v) is 7.99. The van der Waals surface area contributed by atoms with Crippen LogP contribution in [-0.4, -0.2) is 24.1 Å². The molecule has 102 valence electrons. The lowest BCUT2D eigenvalue weighted by Crippen LogP contribution is -2.06. The van der Waals surface area contributed by atoms with Crippen LogP contribution in [0.3, 0.4) is 0 Å². The highest BCUT2D eigenvalue weighted by Crippen LogP contribution is 2.33. The van der Waals surface area contributed by atoms with Crippen LogP contribution < -0.4 is 5.32 Å². The van der Waals surface area contributed by atoms with Crippen molar-refractivity contribution in [3.8, 4) is 10.7 Å². The number of hydrogen-bond donors (Lipinski definition) is 1. The summed E-state index contributed by atoms with van der Waals surface area (Å²) in [6, 6.07) is 1.97. The van der Waals surface area contributed by atoms with E-state index in [9.17, 15) is 0 Å². The van der Waals surface area contributed by atoms with Crippen molar-refractivity contribution in [2.45, 2.75) is 13.2 Å². The van der Waals surface area contributed by atoms with Crippen molar-refractivity contribution < 1.29 is 4.74 Å². The second-order valence-electron chi connectivity index (χ2n) is 3.84. The van der Waals surface area contributed by atoms with Gasteiger partial charge in [0.15, 0.2) is 0 Å². The van der Waals surface area contributed by atoms with Crippen molar-refractivity contribution in [1.29, 1.82) is 0 Å². The van der Waals surface area contributed by atoms with Gasteiger partial charge < -0.3 is 10.1 Å². The number of nitrogens with zero attached hydrogens (tertiary/aromatic N) is 2. The minimum absolute atomic E-state index is 0.516. The molecule has 2 aromatic heterocycles. The smallest absolute Gasteiger partial charge is 0.143 e. The molecule has 0 fully saturated rings. The standard InChI is InChI=1S/C12H13Br2N3OS/c1-15-5-10-9(6-18-2)17-12(19-10)11-8(14)3-7(13)4-16-11/h3-4,15H,5-6H2,1-2H3. The number of ether oxygens (including phenoxy) is 1. The predicted octanol–water partition coefficient (Wildman–Crippen LogP) is 3.60. The lowest BCUT2D eigenvalue weighted by molar-refractivity contribution is 0.181. The third kappa shape index (κ3) is 3.61. The summed E-state index contributed by atoms with van der Waals surface area (Å²) in [5, 5.41) is 4.05. The summed E-state index contributed by atoms with van der Waals surface area (Å²) >= 11 is 8.56. The molecule has 0 aliphatic carbocycles. The highest BCUT2D eigenvalue weighted by Gasteiger charge is 2.15. The summed E-state index contributed by atoms with van der Waals surface area (Å²) in [4.78, 5) is 10.2. The highest BCUT2D eigenvalue weighted by atomic mass is 79.9. The minimum Gasteiger partial charge on any atom is -0.378 e. The van der Waals surface area contributed by atoms with Crippen molar-refractivity contribution in [3.63, 3.8) is 0 Å². The summed E-state index contributed by atoms with van der Waals surface area (Å²) in [5.41, 5.74) is 1.82. The Morgan fingerprint density at radius 1 is 1.42 bits per heavy atom. The fourth-order valence-corrected chi connectivity index (χ4v) is 4.00. The summed E-state index contributed by atoms with van der Waals surface area (Å²) < 4.78 is 7.05. The molecular weight excluding hydrogens is 394 g/mol. The Hall–Kier alpha value is -0.340. The molecule has 0 atom stereocenters. The molecule has 0 radical (unpaired) electrons.